The number of benzene rings is 1. The van der Waals surface area contributed by atoms with Crippen LogP contribution in [0.5, 0.6) is 5.75 Å². The number of nitrogens with one attached hydrogen (secondary N) is 2. The van der Waals surface area contributed by atoms with Crippen LogP contribution in [0, 0.1) is 27.7 Å². The molecule has 0 saturated heterocycles. The third kappa shape index (κ3) is 2.87. The Bertz CT molecular complexity index is 756. The maximum Gasteiger partial charge on any atom is 0.263 e. The molecular formula is C14H19N3O3S. The van der Waals surface area contributed by atoms with Gasteiger partial charge >= 0.3 is 0 Å². The molecule has 0 saturated carbocycles. The molecule has 21 heavy (non-hydrogen) atoms. The lowest BCUT2D eigenvalue weighted by atomic mass is 10.1. The molecule has 1 heterocycles. The highest BCUT2D eigenvalue weighted by atomic mass is 32.2. The lowest BCUT2D eigenvalue weighted by Gasteiger charge is -2.13. The lowest BCUT2D eigenvalue weighted by molar-refractivity contribution is 0.413. The maximum absolute atomic E-state index is 12.6. The number of hydrogen-bond acceptors (Lipinski definition) is 4. The summed E-state index contributed by atoms with van der Waals surface area (Å²) in [5.41, 5.74) is 2.87. The second kappa shape index (κ2) is 5.40. The van der Waals surface area contributed by atoms with Crippen LogP contribution in [0.3, 0.4) is 0 Å². The van der Waals surface area contributed by atoms with Crippen molar-refractivity contribution in [3.8, 4) is 5.75 Å². The van der Waals surface area contributed by atoms with Gasteiger partial charge in [0.05, 0.1) is 12.0 Å². The van der Waals surface area contributed by atoms with Gasteiger partial charge in [-0.3, -0.25) is 9.82 Å². The highest BCUT2D eigenvalue weighted by Crippen LogP contribution is 2.27. The van der Waals surface area contributed by atoms with Gasteiger partial charge in [-0.25, -0.2) is 8.42 Å². The van der Waals surface area contributed by atoms with Gasteiger partial charge in [0, 0.05) is 11.3 Å². The molecule has 0 radical (unpaired) electrons. The van der Waals surface area contributed by atoms with E-state index in [9.17, 15) is 8.42 Å². The zero-order valence-corrected chi connectivity index (χ0v) is 13.6. The average Bonchev–Trinajstić information content (AvgIpc) is 2.69. The van der Waals surface area contributed by atoms with Crippen LogP contribution in [-0.2, 0) is 10.0 Å². The monoisotopic (exact) mass is 309 g/mol. The summed E-state index contributed by atoms with van der Waals surface area (Å²) in [5.74, 6) is 0.956. The van der Waals surface area contributed by atoms with Crippen molar-refractivity contribution in [2.24, 2.45) is 0 Å². The van der Waals surface area contributed by atoms with E-state index in [0.29, 0.717) is 22.7 Å². The van der Waals surface area contributed by atoms with Crippen molar-refractivity contribution in [1.29, 1.82) is 0 Å². The highest BCUT2D eigenvalue weighted by molar-refractivity contribution is 7.92. The fourth-order valence-electron chi connectivity index (χ4n) is 2.22. The molecule has 0 unspecified atom stereocenters. The molecule has 1 aromatic heterocycles. The first-order valence-corrected chi connectivity index (χ1v) is 7.94. The number of aryl methyl sites for hydroxylation is 3. The normalized spacial score (nSPS) is 11.5. The van der Waals surface area contributed by atoms with Gasteiger partial charge in [-0.2, -0.15) is 5.10 Å². The van der Waals surface area contributed by atoms with Crippen LogP contribution in [-0.4, -0.2) is 25.7 Å². The number of hydrogen-bond donors (Lipinski definition) is 2. The van der Waals surface area contributed by atoms with Gasteiger partial charge in [0.1, 0.15) is 5.75 Å². The van der Waals surface area contributed by atoms with Crippen molar-refractivity contribution in [2.75, 3.05) is 11.8 Å². The minimum atomic E-state index is -3.70. The molecule has 2 rings (SSSR count). The molecule has 0 aliphatic carbocycles. The van der Waals surface area contributed by atoms with Crippen LogP contribution < -0.4 is 9.46 Å². The largest absolute Gasteiger partial charge is 0.497 e. The molecule has 0 spiro atoms. The first-order chi connectivity index (χ1) is 9.76. The molecule has 0 fully saturated rings. The van der Waals surface area contributed by atoms with Gasteiger partial charge in [-0.05, 0) is 51.0 Å². The Balaban J connectivity index is 2.47. The number of methoxy groups -OCH3 is 1. The summed E-state index contributed by atoms with van der Waals surface area (Å²) in [7, 11) is -2.14. The molecule has 7 heteroatoms. The molecule has 2 N–H and O–H groups in total. The van der Waals surface area contributed by atoms with E-state index in [0.717, 1.165) is 11.3 Å². The Morgan fingerprint density at radius 3 is 2.14 bits per heavy atom. The Kier molecular flexibility index (Phi) is 3.95. The van der Waals surface area contributed by atoms with Crippen LogP contribution in [0.25, 0.3) is 0 Å². The first kappa shape index (κ1) is 15.4. The van der Waals surface area contributed by atoms with Crippen LogP contribution in [0.2, 0.25) is 0 Å². The van der Waals surface area contributed by atoms with Gasteiger partial charge in [0.2, 0.25) is 0 Å². The van der Waals surface area contributed by atoms with Gasteiger partial charge < -0.3 is 4.74 Å². The lowest BCUT2D eigenvalue weighted by Crippen LogP contribution is -2.16. The summed E-state index contributed by atoms with van der Waals surface area (Å²) in [6.07, 6.45) is 0. The van der Waals surface area contributed by atoms with Gasteiger partial charge in [-0.15, -0.1) is 0 Å². The third-order valence-corrected chi connectivity index (χ3v) is 5.07. The fourth-order valence-corrected chi connectivity index (χ4v) is 3.74. The standard InChI is InChI=1S/C14H19N3O3S/c1-8-6-12(20-5)7-9(2)13(8)21(18,19)17-14-10(3)11(4)15-16-14/h6-7H,1-5H3,(H2,15,16,17). The van der Waals surface area contributed by atoms with E-state index in [2.05, 4.69) is 14.9 Å². The Morgan fingerprint density at radius 2 is 1.71 bits per heavy atom. The van der Waals surface area contributed by atoms with Crippen LogP contribution in [0.15, 0.2) is 17.0 Å². The second-order valence-electron chi connectivity index (χ2n) is 5.02. The zero-order chi connectivity index (χ0) is 15.8. The van der Waals surface area contributed by atoms with Gasteiger partial charge in [0.25, 0.3) is 10.0 Å². The zero-order valence-electron chi connectivity index (χ0n) is 12.7. The number of H-pyrrole nitrogens is 1. The molecule has 2 aromatic rings. The Hall–Kier alpha value is -2.02. The predicted octanol–water partition coefficient (Wildman–Crippen LogP) is 2.45. The topological polar surface area (TPSA) is 84.1 Å². The van der Waals surface area contributed by atoms with Gasteiger partial charge in [-0.1, -0.05) is 0 Å². The van der Waals surface area contributed by atoms with E-state index in [1.54, 1.807) is 33.1 Å². The SMILES string of the molecule is COc1cc(C)c(S(=O)(=O)Nc2n[nH]c(C)c2C)c(C)c1. The van der Waals surface area contributed by atoms with Crippen molar-refractivity contribution in [2.45, 2.75) is 32.6 Å². The number of aromatic amines is 1. The fraction of sp³-hybridized carbons (Fsp3) is 0.357. The predicted molar refractivity (Wildman–Crippen MR) is 81.3 cm³/mol. The van der Waals surface area contributed by atoms with Crippen molar-refractivity contribution in [3.63, 3.8) is 0 Å². The molecule has 0 aliphatic heterocycles. The second-order valence-corrected chi connectivity index (χ2v) is 6.64. The Labute approximate surface area is 124 Å². The van der Waals surface area contributed by atoms with Crippen molar-refractivity contribution in [3.05, 3.63) is 34.5 Å². The summed E-state index contributed by atoms with van der Waals surface area (Å²) in [6.45, 7) is 7.13. The van der Waals surface area contributed by atoms with Crippen LogP contribution >= 0.6 is 0 Å². The summed E-state index contributed by atoms with van der Waals surface area (Å²) in [5, 5.41) is 6.74. The summed E-state index contributed by atoms with van der Waals surface area (Å²) in [6, 6.07) is 3.40. The quantitative estimate of drug-likeness (QED) is 0.908. The minimum absolute atomic E-state index is 0.253. The smallest absolute Gasteiger partial charge is 0.263 e. The Morgan fingerprint density at radius 1 is 1.14 bits per heavy atom. The number of ether oxygens (including phenoxy) is 1. The van der Waals surface area contributed by atoms with E-state index >= 15 is 0 Å². The molecule has 0 bridgehead atoms. The van der Waals surface area contributed by atoms with E-state index in [4.69, 9.17) is 4.74 Å². The molecule has 1 aromatic carbocycles. The van der Waals surface area contributed by atoms with Crippen molar-refractivity contribution < 1.29 is 13.2 Å². The third-order valence-electron chi connectivity index (χ3n) is 3.42. The molecular weight excluding hydrogens is 290 g/mol. The number of aromatic nitrogens is 2. The number of rotatable bonds is 4. The van der Waals surface area contributed by atoms with E-state index in [1.807, 2.05) is 13.8 Å². The van der Waals surface area contributed by atoms with E-state index in [-0.39, 0.29) is 4.90 Å². The van der Waals surface area contributed by atoms with Crippen molar-refractivity contribution in [1.82, 2.24) is 10.2 Å². The van der Waals surface area contributed by atoms with Crippen LogP contribution in [0.4, 0.5) is 5.82 Å². The summed E-state index contributed by atoms with van der Waals surface area (Å²) >= 11 is 0. The number of nitrogens with zero attached hydrogens (tertiary/aromatic N) is 1. The number of sulfonamides is 1. The molecule has 6 nitrogen and oxygen atoms in total. The van der Waals surface area contributed by atoms with E-state index in [1.165, 1.54) is 0 Å². The summed E-state index contributed by atoms with van der Waals surface area (Å²) < 4.78 is 32.9. The average molecular weight is 309 g/mol. The minimum Gasteiger partial charge on any atom is -0.497 e. The molecule has 0 aliphatic rings. The van der Waals surface area contributed by atoms with Crippen LogP contribution in [0.1, 0.15) is 22.4 Å². The van der Waals surface area contributed by atoms with E-state index < -0.39 is 10.0 Å². The van der Waals surface area contributed by atoms with Crippen molar-refractivity contribution >= 4 is 15.8 Å². The molecule has 0 atom stereocenters. The maximum atomic E-state index is 12.6. The highest BCUT2D eigenvalue weighted by Gasteiger charge is 2.22. The van der Waals surface area contributed by atoms with Gasteiger partial charge in [0.15, 0.2) is 5.82 Å². The molecule has 0 amide bonds. The number of anilines is 1. The first-order valence-electron chi connectivity index (χ1n) is 6.46. The molecule has 114 valence electrons. The summed E-state index contributed by atoms with van der Waals surface area (Å²) in [4.78, 5) is 0.253.